The Hall–Kier alpha value is -0.730. The highest BCUT2D eigenvalue weighted by molar-refractivity contribution is 5.33. The van der Waals surface area contributed by atoms with Crippen molar-refractivity contribution in [3.8, 4) is 0 Å². The molecule has 0 aliphatic heterocycles. The molecule has 0 bridgehead atoms. The minimum Gasteiger partial charge on any atom is -0.166 e. The molecule has 12 heavy (non-hydrogen) atoms. The standard InChI is InChI=1S/C9H11F3/c1-6(2)7-3-4-8(5-7)9(10,11)12/h3-4,6H,5H2,1-2H3. The average molecular weight is 176 g/mol. The molecule has 0 aromatic heterocycles. The van der Waals surface area contributed by atoms with E-state index in [2.05, 4.69) is 0 Å². The summed E-state index contributed by atoms with van der Waals surface area (Å²) in [6.07, 6.45) is -1.32. The highest BCUT2D eigenvalue weighted by atomic mass is 19.4. The molecular weight excluding hydrogens is 165 g/mol. The van der Waals surface area contributed by atoms with Crippen LogP contribution in [-0.4, -0.2) is 6.18 Å². The molecule has 0 spiro atoms. The molecule has 0 N–H and O–H groups in total. The highest BCUT2D eigenvalue weighted by Gasteiger charge is 2.35. The van der Waals surface area contributed by atoms with Gasteiger partial charge in [-0.2, -0.15) is 13.2 Å². The monoisotopic (exact) mass is 176 g/mol. The number of allylic oxidation sites excluding steroid dienone is 4. The molecule has 0 aromatic carbocycles. The Bertz CT molecular complexity index is 231. The smallest absolute Gasteiger partial charge is 0.166 e. The first-order valence-corrected chi connectivity index (χ1v) is 3.88. The number of rotatable bonds is 1. The van der Waals surface area contributed by atoms with Gasteiger partial charge in [-0.15, -0.1) is 0 Å². The normalized spacial score (nSPS) is 18.2. The first kappa shape index (κ1) is 9.36. The van der Waals surface area contributed by atoms with Gasteiger partial charge in [-0.3, -0.25) is 0 Å². The lowest BCUT2D eigenvalue weighted by atomic mass is 10.0. The summed E-state index contributed by atoms with van der Waals surface area (Å²) in [5.41, 5.74) is 0.438. The third-order valence-corrected chi connectivity index (χ3v) is 2.00. The zero-order valence-electron chi connectivity index (χ0n) is 7.07. The molecule has 0 saturated heterocycles. The summed E-state index contributed by atoms with van der Waals surface area (Å²) in [7, 11) is 0. The van der Waals surface area contributed by atoms with Crippen LogP contribution in [0.4, 0.5) is 13.2 Å². The summed E-state index contributed by atoms with van der Waals surface area (Å²) in [6.45, 7) is 3.80. The predicted molar refractivity (Wildman–Crippen MR) is 41.7 cm³/mol. The maximum absolute atomic E-state index is 12.1. The lowest BCUT2D eigenvalue weighted by molar-refractivity contribution is -0.0928. The van der Waals surface area contributed by atoms with Crippen LogP contribution in [0.15, 0.2) is 23.3 Å². The third kappa shape index (κ3) is 1.90. The first-order valence-electron chi connectivity index (χ1n) is 3.88. The van der Waals surface area contributed by atoms with Crippen LogP contribution >= 0.6 is 0 Å². The number of halogens is 3. The molecule has 3 heteroatoms. The maximum atomic E-state index is 12.1. The average Bonchev–Trinajstić information content (AvgIpc) is 2.30. The van der Waals surface area contributed by atoms with E-state index in [0.717, 1.165) is 5.57 Å². The molecule has 0 aromatic rings. The van der Waals surface area contributed by atoms with Crippen LogP contribution in [0.3, 0.4) is 0 Å². The van der Waals surface area contributed by atoms with Crippen LogP contribution in [0.5, 0.6) is 0 Å². The van der Waals surface area contributed by atoms with Gasteiger partial charge in [0.2, 0.25) is 0 Å². The molecule has 0 unspecified atom stereocenters. The summed E-state index contributed by atoms with van der Waals surface area (Å²) in [6, 6.07) is 0. The molecule has 0 amide bonds. The summed E-state index contributed by atoms with van der Waals surface area (Å²) >= 11 is 0. The Morgan fingerprint density at radius 1 is 1.25 bits per heavy atom. The van der Waals surface area contributed by atoms with E-state index in [1.54, 1.807) is 6.08 Å². The Morgan fingerprint density at radius 2 is 1.83 bits per heavy atom. The molecule has 68 valence electrons. The second kappa shape index (κ2) is 2.96. The second-order valence-electron chi connectivity index (χ2n) is 3.26. The van der Waals surface area contributed by atoms with Gasteiger partial charge in [-0.05, 0) is 12.3 Å². The van der Waals surface area contributed by atoms with Gasteiger partial charge in [0, 0.05) is 5.57 Å². The predicted octanol–water partition coefficient (Wildman–Crippen LogP) is 3.46. The molecule has 0 heterocycles. The van der Waals surface area contributed by atoms with E-state index in [0.29, 0.717) is 0 Å². The SMILES string of the molecule is CC(C)C1=CC=C(C(F)(F)F)C1. The largest absolute Gasteiger partial charge is 0.413 e. The molecule has 0 saturated carbocycles. The van der Waals surface area contributed by atoms with Crippen molar-refractivity contribution >= 4 is 0 Å². The number of alkyl halides is 3. The van der Waals surface area contributed by atoms with Crippen LogP contribution in [0.1, 0.15) is 20.3 Å². The Kier molecular flexibility index (Phi) is 2.31. The Balaban J connectivity index is 2.62. The van der Waals surface area contributed by atoms with Crippen LogP contribution in [0, 0.1) is 5.92 Å². The van der Waals surface area contributed by atoms with E-state index in [-0.39, 0.29) is 12.3 Å². The lowest BCUT2D eigenvalue weighted by Gasteiger charge is -2.10. The van der Waals surface area contributed by atoms with Crippen molar-refractivity contribution < 1.29 is 13.2 Å². The van der Waals surface area contributed by atoms with E-state index in [1.165, 1.54) is 6.08 Å². The second-order valence-corrected chi connectivity index (χ2v) is 3.26. The molecule has 1 aliphatic rings. The van der Waals surface area contributed by atoms with Gasteiger partial charge in [0.15, 0.2) is 0 Å². The molecule has 0 nitrogen and oxygen atoms in total. The first-order chi connectivity index (χ1) is 5.41. The van der Waals surface area contributed by atoms with Crippen molar-refractivity contribution in [1.82, 2.24) is 0 Å². The van der Waals surface area contributed by atoms with Crippen molar-refractivity contribution in [3.05, 3.63) is 23.3 Å². The topological polar surface area (TPSA) is 0 Å². The van der Waals surface area contributed by atoms with Crippen molar-refractivity contribution in [2.75, 3.05) is 0 Å². The summed E-state index contributed by atoms with van der Waals surface area (Å²) in [4.78, 5) is 0. The van der Waals surface area contributed by atoms with Gasteiger partial charge in [-0.25, -0.2) is 0 Å². The van der Waals surface area contributed by atoms with Gasteiger partial charge in [0.05, 0.1) is 0 Å². The van der Waals surface area contributed by atoms with E-state index in [9.17, 15) is 13.2 Å². The molecule has 1 rings (SSSR count). The minimum absolute atomic E-state index is 0.0706. The van der Waals surface area contributed by atoms with Crippen molar-refractivity contribution in [1.29, 1.82) is 0 Å². The number of hydrogen-bond donors (Lipinski definition) is 0. The van der Waals surface area contributed by atoms with E-state index < -0.39 is 11.7 Å². The van der Waals surface area contributed by atoms with Gasteiger partial charge >= 0.3 is 6.18 Å². The van der Waals surface area contributed by atoms with Gasteiger partial charge in [0.25, 0.3) is 0 Å². The summed E-state index contributed by atoms with van der Waals surface area (Å²) in [5.74, 6) is 0.209. The third-order valence-electron chi connectivity index (χ3n) is 2.00. The molecule has 0 fully saturated rings. The molecule has 1 aliphatic carbocycles. The minimum atomic E-state index is -4.15. The fraction of sp³-hybridized carbons (Fsp3) is 0.556. The molecular formula is C9H11F3. The fourth-order valence-corrected chi connectivity index (χ4v) is 1.14. The molecule has 0 radical (unpaired) electrons. The van der Waals surface area contributed by atoms with Crippen LogP contribution in [0.2, 0.25) is 0 Å². The van der Waals surface area contributed by atoms with Gasteiger partial charge < -0.3 is 0 Å². The van der Waals surface area contributed by atoms with E-state index in [1.807, 2.05) is 13.8 Å². The molecule has 0 atom stereocenters. The van der Waals surface area contributed by atoms with Crippen molar-refractivity contribution in [3.63, 3.8) is 0 Å². The van der Waals surface area contributed by atoms with Gasteiger partial charge in [-0.1, -0.05) is 31.6 Å². The Labute approximate surface area is 69.8 Å². The highest BCUT2D eigenvalue weighted by Crippen LogP contribution is 2.36. The van der Waals surface area contributed by atoms with Crippen LogP contribution in [0.25, 0.3) is 0 Å². The van der Waals surface area contributed by atoms with Crippen LogP contribution in [-0.2, 0) is 0 Å². The van der Waals surface area contributed by atoms with Gasteiger partial charge in [0.1, 0.15) is 0 Å². The van der Waals surface area contributed by atoms with Crippen LogP contribution < -0.4 is 0 Å². The summed E-state index contributed by atoms with van der Waals surface area (Å²) in [5, 5.41) is 0. The van der Waals surface area contributed by atoms with E-state index in [4.69, 9.17) is 0 Å². The fourth-order valence-electron chi connectivity index (χ4n) is 1.14. The van der Waals surface area contributed by atoms with Crippen molar-refractivity contribution in [2.24, 2.45) is 5.92 Å². The quantitative estimate of drug-likeness (QED) is 0.574. The Morgan fingerprint density at radius 3 is 2.08 bits per heavy atom. The summed E-state index contributed by atoms with van der Waals surface area (Å²) < 4.78 is 36.3. The zero-order valence-corrected chi connectivity index (χ0v) is 7.07. The number of hydrogen-bond acceptors (Lipinski definition) is 0. The maximum Gasteiger partial charge on any atom is 0.413 e. The zero-order chi connectivity index (χ0) is 9.35. The van der Waals surface area contributed by atoms with E-state index >= 15 is 0 Å². The van der Waals surface area contributed by atoms with Crippen molar-refractivity contribution in [2.45, 2.75) is 26.4 Å². The lowest BCUT2D eigenvalue weighted by Crippen LogP contribution is -2.11.